The molecular formula is C37H50ClN3O4S. The molecule has 250 valence electrons. The second-order valence-corrected chi connectivity index (χ2v) is 17.6. The molecule has 4 aliphatic rings. The Bertz CT molecular complexity index is 1590. The van der Waals surface area contributed by atoms with Crippen LogP contribution in [0.2, 0.25) is 5.02 Å². The van der Waals surface area contributed by atoms with Gasteiger partial charge in [-0.25, -0.2) is 4.21 Å². The number of ether oxygens (including phenoxy) is 1. The Balaban J connectivity index is 1.41. The molecule has 2 aliphatic heterocycles. The van der Waals surface area contributed by atoms with Gasteiger partial charge in [-0.1, -0.05) is 31.0 Å². The van der Waals surface area contributed by atoms with E-state index in [1.165, 1.54) is 11.1 Å². The van der Waals surface area contributed by atoms with Crippen molar-refractivity contribution in [2.45, 2.75) is 82.3 Å². The smallest absolute Gasteiger partial charge is 0.262 e. The van der Waals surface area contributed by atoms with E-state index >= 15 is 0 Å². The number of nitrogens with one attached hydrogen (secondary N) is 1. The molecule has 2 bridgehead atoms. The quantitative estimate of drug-likeness (QED) is 0.370. The number of carbonyl (C=O) groups excluding carboxylic acids is 2. The lowest BCUT2D eigenvalue weighted by atomic mass is 9.64. The number of rotatable bonds is 2. The fourth-order valence-electron chi connectivity index (χ4n) is 8.48. The second-order valence-electron chi connectivity index (χ2n) is 14.8. The van der Waals surface area contributed by atoms with Crippen LogP contribution in [-0.4, -0.2) is 65.8 Å². The summed E-state index contributed by atoms with van der Waals surface area (Å²) in [5, 5.41) is 0.471. The van der Waals surface area contributed by atoms with Crippen LogP contribution in [0, 0.1) is 23.7 Å². The SMILES string of the molecule is C=S1(=O)NC(=O)c2ccc3c(c2)N(C[C@@H]2CC[C@H]2[C@@H](CC(=O)N(C)C)CCC[C@H](C)[C@H]1C)C[C@@]1(CCCc2cc(Cl)ccc21)CO3. The maximum absolute atomic E-state index is 13.8. The average molecular weight is 668 g/mol. The molecular weight excluding hydrogens is 618 g/mol. The summed E-state index contributed by atoms with van der Waals surface area (Å²) in [6.07, 6.45) is 8.67. The molecule has 2 aromatic rings. The van der Waals surface area contributed by atoms with Gasteiger partial charge in [0.25, 0.3) is 5.91 Å². The van der Waals surface area contributed by atoms with E-state index in [-0.39, 0.29) is 28.4 Å². The summed E-state index contributed by atoms with van der Waals surface area (Å²) < 4.78 is 23.3. The highest BCUT2D eigenvalue weighted by molar-refractivity contribution is 7.99. The van der Waals surface area contributed by atoms with Crippen molar-refractivity contribution < 1.29 is 18.5 Å². The van der Waals surface area contributed by atoms with Crippen LogP contribution in [0.25, 0.3) is 0 Å². The zero-order valence-electron chi connectivity index (χ0n) is 27.9. The number of aryl methyl sites for hydroxylation is 1. The first-order valence-corrected chi connectivity index (χ1v) is 19.2. The van der Waals surface area contributed by atoms with Crippen molar-refractivity contribution in [3.63, 3.8) is 0 Å². The predicted octanol–water partition coefficient (Wildman–Crippen LogP) is 6.50. The minimum atomic E-state index is -2.90. The van der Waals surface area contributed by atoms with Gasteiger partial charge in [-0.2, -0.15) is 0 Å². The Morgan fingerprint density at radius 1 is 1.13 bits per heavy atom. The molecule has 2 amide bonds. The Labute approximate surface area is 280 Å². The number of hydrogen-bond acceptors (Lipinski definition) is 5. The van der Waals surface area contributed by atoms with E-state index in [4.69, 9.17) is 16.3 Å². The number of carbonyl (C=O) groups is 2. The number of amides is 2. The molecule has 6 rings (SSSR count). The van der Waals surface area contributed by atoms with E-state index in [9.17, 15) is 13.8 Å². The highest BCUT2D eigenvalue weighted by Crippen LogP contribution is 2.48. The van der Waals surface area contributed by atoms with E-state index in [0.29, 0.717) is 36.3 Å². The summed E-state index contributed by atoms with van der Waals surface area (Å²) in [6.45, 7) is 6.18. The van der Waals surface area contributed by atoms with Gasteiger partial charge in [0.05, 0.1) is 22.0 Å². The first kappa shape index (κ1) is 33.2. The van der Waals surface area contributed by atoms with Gasteiger partial charge in [-0.05, 0) is 123 Å². The van der Waals surface area contributed by atoms with Gasteiger partial charge in [-0.3, -0.25) is 14.3 Å². The van der Waals surface area contributed by atoms with Crippen LogP contribution in [0.1, 0.15) is 86.7 Å². The lowest BCUT2D eigenvalue weighted by molar-refractivity contribution is -0.130. The van der Waals surface area contributed by atoms with Crippen LogP contribution in [0.3, 0.4) is 0 Å². The van der Waals surface area contributed by atoms with Crippen LogP contribution in [0.15, 0.2) is 36.4 Å². The number of fused-ring (bicyclic) bond motifs is 4. The first-order valence-electron chi connectivity index (χ1n) is 17.1. The lowest BCUT2D eigenvalue weighted by Crippen LogP contribution is -2.49. The number of anilines is 1. The minimum Gasteiger partial charge on any atom is -0.490 e. The second kappa shape index (κ2) is 13.1. The molecule has 1 saturated carbocycles. The molecule has 2 heterocycles. The third-order valence-corrected chi connectivity index (χ3v) is 14.1. The molecule has 0 radical (unpaired) electrons. The van der Waals surface area contributed by atoms with E-state index in [1.807, 2.05) is 39.2 Å². The zero-order valence-corrected chi connectivity index (χ0v) is 29.4. The first-order chi connectivity index (χ1) is 21.9. The molecule has 7 nitrogen and oxygen atoms in total. The monoisotopic (exact) mass is 667 g/mol. The molecule has 1 N–H and O–H groups in total. The Kier molecular flexibility index (Phi) is 9.43. The maximum atomic E-state index is 13.8. The number of nitrogens with zero attached hydrogens (tertiary/aromatic N) is 2. The van der Waals surface area contributed by atoms with E-state index < -0.39 is 9.71 Å². The molecule has 46 heavy (non-hydrogen) atoms. The van der Waals surface area contributed by atoms with Crippen molar-refractivity contribution in [1.82, 2.24) is 9.62 Å². The van der Waals surface area contributed by atoms with Gasteiger partial charge >= 0.3 is 0 Å². The summed E-state index contributed by atoms with van der Waals surface area (Å²) in [5.74, 6) is 5.91. The molecule has 2 aromatic carbocycles. The average Bonchev–Trinajstić information content (AvgIpc) is 3.14. The maximum Gasteiger partial charge on any atom is 0.262 e. The van der Waals surface area contributed by atoms with Crippen LogP contribution < -0.4 is 14.4 Å². The number of halogens is 1. The van der Waals surface area contributed by atoms with Gasteiger partial charge < -0.3 is 14.5 Å². The zero-order chi connectivity index (χ0) is 32.8. The van der Waals surface area contributed by atoms with Crippen LogP contribution in [0.4, 0.5) is 5.69 Å². The highest BCUT2D eigenvalue weighted by atomic mass is 35.5. The minimum absolute atomic E-state index is 0.112. The lowest BCUT2D eigenvalue weighted by Gasteiger charge is -2.47. The van der Waals surface area contributed by atoms with E-state index in [1.54, 1.807) is 11.0 Å². The fourth-order valence-corrected chi connectivity index (χ4v) is 10.2. The molecule has 1 spiro atoms. The van der Waals surface area contributed by atoms with Gasteiger partial charge in [0.1, 0.15) is 5.75 Å². The number of benzene rings is 2. The van der Waals surface area contributed by atoms with Crippen molar-refractivity contribution in [1.29, 1.82) is 0 Å². The van der Waals surface area contributed by atoms with Gasteiger partial charge in [0, 0.05) is 54.9 Å². The third-order valence-electron chi connectivity index (χ3n) is 11.7. The van der Waals surface area contributed by atoms with Crippen LogP contribution in [0.5, 0.6) is 5.75 Å². The Hall–Kier alpha value is -2.71. The molecule has 1 fully saturated rings. The molecule has 0 aromatic heterocycles. The molecule has 0 saturated heterocycles. The van der Waals surface area contributed by atoms with Gasteiger partial charge in [-0.15, -0.1) is 0 Å². The molecule has 7 atom stereocenters. The van der Waals surface area contributed by atoms with Crippen molar-refractivity contribution in [2.24, 2.45) is 23.7 Å². The van der Waals surface area contributed by atoms with Crippen molar-refractivity contribution in [3.8, 4) is 5.75 Å². The van der Waals surface area contributed by atoms with Gasteiger partial charge in [0.2, 0.25) is 5.91 Å². The molecule has 1 unspecified atom stereocenters. The van der Waals surface area contributed by atoms with Crippen molar-refractivity contribution in [3.05, 3.63) is 58.1 Å². The Morgan fingerprint density at radius 2 is 1.93 bits per heavy atom. The van der Waals surface area contributed by atoms with Gasteiger partial charge in [0.15, 0.2) is 0 Å². The summed E-state index contributed by atoms with van der Waals surface area (Å²) in [7, 11) is 0.788. The highest BCUT2D eigenvalue weighted by Gasteiger charge is 2.45. The van der Waals surface area contributed by atoms with E-state index in [2.05, 4.69) is 34.5 Å². The predicted molar refractivity (Wildman–Crippen MR) is 188 cm³/mol. The van der Waals surface area contributed by atoms with Crippen molar-refractivity contribution >= 4 is 44.7 Å². The summed E-state index contributed by atoms with van der Waals surface area (Å²) >= 11 is 6.45. The summed E-state index contributed by atoms with van der Waals surface area (Å²) in [5.41, 5.74) is 3.75. The normalized spacial score (nSPS) is 33.0. The summed E-state index contributed by atoms with van der Waals surface area (Å²) in [4.78, 5) is 30.9. The van der Waals surface area contributed by atoms with E-state index in [0.717, 1.165) is 80.9 Å². The molecule has 9 heteroatoms. The number of hydrogen-bond donors (Lipinski definition) is 1. The van der Waals surface area contributed by atoms with Crippen LogP contribution in [-0.2, 0) is 26.3 Å². The third kappa shape index (κ3) is 6.53. The standard InChI is InChI=1S/C37H50ClN3O4S/c1-24-8-6-9-26(20-35(42)40(3)4)31-14-11-29(31)21-41-22-37(17-7-10-27-18-30(38)13-15-32(27)37)23-45-34-16-12-28(19-33(34)41)36(43)39-46(5,44)25(24)2/h12-13,15-16,18-19,24-26,29,31H,5-11,14,17,20-23H2,1-4H3,(H,39,43,44)/t24-,25+,26+,29-,31-,37-,46?/m0/s1. The molecule has 2 aliphatic carbocycles. The van der Waals surface area contributed by atoms with Crippen molar-refractivity contribution in [2.75, 3.05) is 38.7 Å². The van der Waals surface area contributed by atoms with Crippen LogP contribution >= 0.6 is 11.6 Å². The largest absolute Gasteiger partial charge is 0.490 e. The summed E-state index contributed by atoms with van der Waals surface area (Å²) in [6, 6.07) is 11.9. The fraction of sp³-hybridized carbons (Fsp3) is 0.595. The Morgan fingerprint density at radius 3 is 2.67 bits per heavy atom. The topological polar surface area (TPSA) is 79.0 Å².